The molecule has 272 valence electrons. The second-order valence-electron chi connectivity index (χ2n) is 16.6. The Kier molecular flexibility index (Phi) is 5.96. The van der Waals surface area contributed by atoms with Crippen LogP contribution in [0.2, 0.25) is 0 Å². The second kappa shape index (κ2) is 11.1. The summed E-state index contributed by atoms with van der Waals surface area (Å²) in [5, 5.41) is 4.89. The highest BCUT2D eigenvalue weighted by Gasteiger charge is 2.53. The molecule has 1 heteroatoms. The van der Waals surface area contributed by atoms with Gasteiger partial charge in [-0.1, -0.05) is 188 Å². The van der Waals surface area contributed by atoms with Crippen molar-refractivity contribution in [2.75, 3.05) is 0 Å². The quantitative estimate of drug-likeness (QED) is 0.163. The largest absolute Gasteiger partial charge is 0.456 e. The van der Waals surface area contributed by atoms with E-state index in [0.717, 1.165) is 16.9 Å². The van der Waals surface area contributed by atoms with E-state index in [1.165, 1.54) is 105 Å². The summed E-state index contributed by atoms with van der Waals surface area (Å²) < 4.78 is 7.10. The Morgan fingerprint density at radius 2 is 0.746 bits per heavy atom. The lowest BCUT2D eigenvalue weighted by Gasteiger charge is -2.40. The third kappa shape index (κ3) is 3.73. The van der Waals surface area contributed by atoms with Crippen molar-refractivity contribution in [2.24, 2.45) is 0 Å². The summed E-state index contributed by atoms with van der Waals surface area (Å²) in [5.41, 5.74) is 19.6. The second-order valence-corrected chi connectivity index (χ2v) is 16.6. The van der Waals surface area contributed by atoms with Crippen LogP contribution in [-0.2, 0) is 10.8 Å². The Morgan fingerprint density at radius 3 is 1.41 bits per heavy atom. The van der Waals surface area contributed by atoms with Gasteiger partial charge in [-0.3, -0.25) is 0 Å². The monoisotopic (exact) mass is 746 g/mol. The van der Waals surface area contributed by atoms with Crippen molar-refractivity contribution in [3.63, 3.8) is 0 Å². The zero-order valence-electron chi connectivity index (χ0n) is 32.0. The average molecular weight is 747 g/mol. The normalized spacial score (nSPS) is 16.5. The highest BCUT2D eigenvalue weighted by atomic mass is 16.5. The maximum atomic E-state index is 7.10. The van der Waals surface area contributed by atoms with Gasteiger partial charge in [0, 0.05) is 16.5 Å². The average Bonchev–Trinajstić information content (AvgIpc) is 3.89. The van der Waals surface area contributed by atoms with Crippen molar-refractivity contribution in [1.82, 2.24) is 0 Å². The van der Waals surface area contributed by atoms with Crippen LogP contribution in [-0.4, -0.2) is 0 Å². The van der Waals surface area contributed by atoms with Crippen LogP contribution in [0.25, 0.3) is 66.1 Å². The molecule has 0 saturated heterocycles. The molecule has 2 spiro atoms. The first-order chi connectivity index (χ1) is 29.3. The molecule has 10 aromatic carbocycles. The smallest absolute Gasteiger partial charge is 0.140 e. The van der Waals surface area contributed by atoms with Crippen LogP contribution >= 0.6 is 0 Å². The summed E-state index contributed by atoms with van der Waals surface area (Å²) in [5.74, 6) is 1.85. The molecule has 0 N–H and O–H groups in total. The number of ether oxygens (including phenoxy) is 1. The number of hydrogen-bond donors (Lipinski definition) is 0. The lowest BCUT2D eigenvalue weighted by Crippen LogP contribution is -2.32. The lowest BCUT2D eigenvalue weighted by atomic mass is 9.65. The fourth-order valence-electron chi connectivity index (χ4n) is 11.9. The van der Waals surface area contributed by atoms with Crippen LogP contribution in [0.1, 0.15) is 44.5 Å². The number of hydrogen-bond acceptors (Lipinski definition) is 1. The van der Waals surface area contributed by atoms with Gasteiger partial charge in [-0.25, -0.2) is 0 Å². The molecule has 4 aliphatic rings. The summed E-state index contributed by atoms with van der Waals surface area (Å²) in [7, 11) is 0. The van der Waals surface area contributed by atoms with E-state index in [1.807, 2.05) is 0 Å². The first kappa shape index (κ1) is 31.6. The highest BCUT2D eigenvalue weighted by Crippen LogP contribution is 2.66. The van der Waals surface area contributed by atoms with Crippen LogP contribution in [0.3, 0.4) is 0 Å². The molecule has 0 saturated carbocycles. The van der Waals surface area contributed by atoms with Crippen molar-refractivity contribution in [1.29, 1.82) is 0 Å². The van der Waals surface area contributed by atoms with Gasteiger partial charge in [-0.05, 0) is 112 Å². The van der Waals surface area contributed by atoms with Crippen LogP contribution in [0.4, 0.5) is 0 Å². The zero-order chi connectivity index (χ0) is 38.5. The van der Waals surface area contributed by atoms with Gasteiger partial charge in [0.25, 0.3) is 0 Å². The minimum absolute atomic E-state index is 0.445. The van der Waals surface area contributed by atoms with E-state index in [0.29, 0.717) is 0 Å². The predicted octanol–water partition coefficient (Wildman–Crippen LogP) is 14.5. The molecule has 3 aliphatic carbocycles. The van der Waals surface area contributed by atoms with Gasteiger partial charge in [0.15, 0.2) is 0 Å². The van der Waals surface area contributed by atoms with E-state index in [-0.39, 0.29) is 0 Å². The summed E-state index contributed by atoms with van der Waals surface area (Å²) in [6, 6.07) is 77.2. The Morgan fingerprint density at radius 1 is 0.288 bits per heavy atom. The summed E-state index contributed by atoms with van der Waals surface area (Å²) >= 11 is 0. The van der Waals surface area contributed by atoms with Crippen molar-refractivity contribution >= 4 is 21.5 Å². The molecule has 1 atom stereocenters. The van der Waals surface area contributed by atoms with Crippen LogP contribution < -0.4 is 4.74 Å². The van der Waals surface area contributed by atoms with E-state index in [2.05, 4.69) is 206 Å². The maximum absolute atomic E-state index is 7.10. The first-order valence-corrected chi connectivity index (χ1v) is 20.7. The third-order valence-electron chi connectivity index (χ3n) is 14.1. The molecule has 0 fully saturated rings. The molecule has 0 aromatic heterocycles. The minimum Gasteiger partial charge on any atom is -0.456 e. The molecule has 10 aromatic rings. The molecular formula is C58H34O. The Labute approximate surface area is 342 Å². The van der Waals surface area contributed by atoms with Gasteiger partial charge in [0.05, 0.1) is 10.8 Å². The summed E-state index contributed by atoms with van der Waals surface area (Å²) in [6.07, 6.45) is 0. The molecule has 1 heterocycles. The minimum atomic E-state index is -0.561. The van der Waals surface area contributed by atoms with Crippen molar-refractivity contribution in [3.8, 4) is 56.0 Å². The summed E-state index contributed by atoms with van der Waals surface area (Å²) in [6.45, 7) is 0. The highest BCUT2D eigenvalue weighted by molar-refractivity contribution is 6.06. The van der Waals surface area contributed by atoms with E-state index < -0.39 is 10.8 Å². The lowest BCUT2D eigenvalue weighted by molar-refractivity contribution is 0.442. The molecule has 0 bridgehead atoms. The molecule has 14 rings (SSSR count). The molecule has 0 radical (unpaired) electrons. The van der Waals surface area contributed by atoms with Crippen LogP contribution in [0, 0.1) is 0 Å². The molecule has 0 amide bonds. The predicted molar refractivity (Wildman–Crippen MR) is 241 cm³/mol. The molecular weight excluding hydrogens is 713 g/mol. The third-order valence-corrected chi connectivity index (χ3v) is 14.1. The van der Waals surface area contributed by atoms with E-state index in [4.69, 9.17) is 4.74 Å². The van der Waals surface area contributed by atoms with Crippen LogP contribution in [0.15, 0.2) is 206 Å². The molecule has 1 unspecified atom stereocenters. The Hall–Kier alpha value is -7.48. The standard InChI is InChI=1S/C58H34O/c1-3-15-39-35(13-1)26-30-50-55(39)45-20-8-12-24-49(45)57(50)46-21-9-7-19-43(46)44-29-25-37(33-52(44)57)38-28-32-54-53(34-38)58(51-31-27-36-14-2-4-16-40(36)56(51)59-54)47-22-10-5-17-41(47)42-18-6-11-23-48(42)58/h1-34H. The van der Waals surface area contributed by atoms with E-state index >= 15 is 0 Å². The van der Waals surface area contributed by atoms with Gasteiger partial charge >= 0.3 is 0 Å². The first-order valence-electron chi connectivity index (χ1n) is 20.7. The molecule has 1 aliphatic heterocycles. The van der Waals surface area contributed by atoms with Gasteiger partial charge in [-0.15, -0.1) is 0 Å². The van der Waals surface area contributed by atoms with Crippen LogP contribution in [0.5, 0.6) is 11.5 Å². The van der Waals surface area contributed by atoms with Crippen molar-refractivity contribution in [3.05, 3.63) is 251 Å². The fourth-order valence-corrected chi connectivity index (χ4v) is 11.9. The van der Waals surface area contributed by atoms with Crippen molar-refractivity contribution in [2.45, 2.75) is 10.8 Å². The zero-order valence-corrected chi connectivity index (χ0v) is 32.0. The topological polar surface area (TPSA) is 9.23 Å². The molecule has 59 heavy (non-hydrogen) atoms. The van der Waals surface area contributed by atoms with Gasteiger partial charge in [-0.2, -0.15) is 0 Å². The van der Waals surface area contributed by atoms with E-state index in [9.17, 15) is 0 Å². The van der Waals surface area contributed by atoms with Gasteiger partial charge in [0.2, 0.25) is 0 Å². The summed E-state index contributed by atoms with van der Waals surface area (Å²) in [4.78, 5) is 0. The van der Waals surface area contributed by atoms with Crippen molar-refractivity contribution < 1.29 is 4.74 Å². The van der Waals surface area contributed by atoms with Gasteiger partial charge < -0.3 is 4.74 Å². The van der Waals surface area contributed by atoms with E-state index in [1.54, 1.807) is 0 Å². The number of fused-ring (bicyclic) bond motifs is 23. The molecule has 1 nitrogen and oxygen atoms in total. The number of rotatable bonds is 1. The van der Waals surface area contributed by atoms with Gasteiger partial charge in [0.1, 0.15) is 11.5 Å². The fraction of sp³-hybridized carbons (Fsp3) is 0.0345. The Balaban J connectivity index is 1.04. The number of benzene rings is 10. The Bertz CT molecular complexity index is 3450. The maximum Gasteiger partial charge on any atom is 0.140 e. The SMILES string of the molecule is c1ccc2c(c1)-c1ccccc1C21c2cc(-c3ccc4c(c3)C3(c5ccccc5-4)c4ccccc4-c4c3ccc3ccccc43)ccc2Oc2c1ccc1ccccc21.